The van der Waals surface area contributed by atoms with Crippen molar-refractivity contribution in [2.75, 3.05) is 26.2 Å². The van der Waals surface area contributed by atoms with E-state index in [1.165, 1.54) is 0 Å². The molecule has 0 aliphatic carbocycles. The summed E-state index contributed by atoms with van der Waals surface area (Å²) in [4.78, 5) is 14.3. The van der Waals surface area contributed by atoms with Crippen molar-refractivity contribution in [1.29, 1.82) is 0 Å². The molecule has 1 aliphatic heterocycles. The Labute approximate surface area is 161 Å². The van der Waals surface area contributed by atoms with Crippen LogP contribution < -0.4 is 10.5 Å². The van der Waals surface area contributed by atoms with Crippen molar-refractivity contribution in [3.63, 3.8) is 0 Å². The third kappa shape index (κ3) is 4.77. The van der Waals surface area contributed by atoms with E-state index in [2.05, 4.69) is 19.1 Å². The number of halogens is 1. The van der Waals surface area contributed by atoms with E-state index in [1.807, 2.05) is 47.4 Å². The normalized spacial score (nSPS) is 19.1. The van der Waals surface area contributed by atoms with Crippen LogP contribution >= 0.6 is 12.4 Å². The predicted molar refractivity (Wildman–Crippen MR) is 108 cm³/mol. The Morgan fingerprint density at radius 3 is 2.54 bits per heavy atom. The highest BCUT2D eigenvalue weighted by atomic mass is 35.5. The van der Waals surface area contributed by atoms with Gasteiger partial charge in [-0.25, -0.2) is 0 Å². The van der Waals surface area contributed by atoms with Gasteiger partial charge in [0.25, 0.3) is 0 Å². The molecule has 0 aromatic heterocycles. The minimum absolute atomic E-state index is 0. The van der Waals surface area contributed by atoms with Crippen molar-refractivity contribution in [2.45, 2.75) is 19.8 Å². The average Bonchev–Trinajstić information content (AvgIpc) is 3.06. The second-order valence-corrected chi connectivity index (χ2v) is 7.04. The summed E-state index contributed by atoms with van der Waals surface area (Å²) in [6.45, 7) is 4.71. The summed E-state index contributed by atoms with van der Waals surface area (Å²) in [5.74, 6) is 0.962. The first-order valence-electron chi connectivity index (χ1n) is 8.86. The van der Waals surface area contributed by atoms with Crippen molar-refractivity contribution in [3.05, 3.63) is 54.6 Å². The Hall–Kier alpha value is -2.04. The molecular formula is C21H27ClN2O2. The van der Waals surface area contributed by atoms with Gasteiger partial charge in [0.15, 0.2) is 0 Å². The number of carbonyl (C=O) groups excluding carboxylic acids is 1. The zero-order chi connectivity index (χ0) is 17.7. The molecule has 5 heteroatoms. The molecule has 2 aromatic carbocycles. The van der Waals surface area contributed by atoms with E-state index in [1.54, 1.807) is 0 Å². The van der Waals surface area contributed by atoms with Crippen LogP contribution in [0.4, 0.5) is 0 Å². The van der Waals surface area contributed by atoms with Crippen molar-refractivity contribution in [3.8, 4) is 16.9 Å². The first-order chi connectivity index (χ1) is 12.1. The van der Waals surface area contributed by atoms with E-state index < -0.39 is 0 Å². The second-order valence-electron chi connectivity index (χ2n) is 7.04. The molecule has 140 valence electrons. The van der Waals surface area contributed by atoms with E-state index in [4.69, 9.17) is 10.5 Å². The summed E-state index contributed by atoms with van der Waals surface area (Å²) in [5.41, 5.74) is 8.04. The maximum absolute atomic E-state index is 12.4. The summed E-state index contributed by atoms with van der Waals surface area (Å²) in [6, 6.07) is 18.1. The standard InChI is InChI=1S/C21H26N2O2.ClH/c1-21(15-22)12-13-23(16-21)20(24)11-14-25-19-10-6-5-9-18(19)17-7-3-2-4-8-17;/h2-10H,11-16,22H2,1H3;1H. The van der Waals surface area contributed by atoms with Crippen LogP contribution in [0.5, 0.6) is 5.75 Å². The molecule has 1 amide bonds. The summed E-state index contributed by atoms with van der Waals surface area (Å²) in [5, 5.41) is 0. The van der Waals surface area contributed by atoms with Crippen molar-refractivity contribution in [1.82, 2.24) is 4.90 Å². The number of para-hydroxylation sites is 1. The number of carbonyl (C=O) groups is 1. The molecule has 1 saturated heterocycles. The maximum Gasteiger partial charge on any atom is 0.226 e. The van der Waals surface area contributed by atoms with Crippen molar-refractivity contribution < 1.29 is 9.53 Å². The number of amides is 1. The number of hydrogen-bond acceptors (Lipinski definition) is 3. The number of ether oxygens (including phenoxy) is 1. The zero-order valence-electron chi connectivity index (χ0n) is 15.2. The largest absolute Gasteiger partial charge is 0.492 e. The van der Waals surface area contributed by atoms with E-state index in [9.17, 15) is 4.79 Å². The van der Waals surface area contributed by atoms with Crippen LogP contribution in [0.3, 0.4) is 0 Å². The molecule has 1 fully saturated rings. The summed E-state index contributed by atoms with van der Waals surface area (Å²) in [6.07, 6.45) is 1.37. The van der Waals surface area contributed by atoms with Crippen LogP contribution in [0.1, 0.15) is 19.8 Å². The monoisotopic (exact) mass is 374 g/mol. The Kier molecular flexibility index (Phi) is 7.06. The Morgan fingerprint density at radius 1 is 1.15 bits per heavy atom. The molecule has 2 N–H and O–H groups in total. The van der Waals surface area contributed by atoms with Gasteiger partial charge in [0.1, 0.15) is 5.75 Å². The average molecular weight is 375 g/mol. The molecule has 1 unspecified atom stereocenters. The molecule has 0 spiro atoms. The molecule has 0 bridgehead atoms. The van der Waals surface area contributed by atoms with Crippen LogP contribution in [-0.2, 0) is 4.79 Å². The molecule has 1 heterocycles. The number of nitrogens with two attached hydrogens (primary N) is 1. The predicted octanol–water partition coefficient (Wildman–Crippen LogP) is 3.74. The molecule has 1 atom stereocenters. The molecule has 3 rings (SSSR count). The SMILES string of the molecule is CC1(CN)CCN(C(=O)CCOc2ccccc2-c2ccccc2)C1.Cl. The van der Waals surface area contributed by atoms with Crippen LogP contribution in [0, 0.1) is 5.41 Å². The summed E-state index contributed by atoms with van der Waals surface area (Å²) < 4.78 is 5.93. The Morgan fingerprint density at radius 2 is 1.85 bits per heavy atom. The highest BCUT2D eigenvalue weighted by Gasteiger charge is 2.34. The topological polar surface area (TPSA) is 55.6 Å². The molecule has 0 radical (unpaired) electrons. The number of hydrogen-bond donors (Lipinski definition) is 1. The molecule has 26 heavy (non-hydrogen) atoms. The van der Waals surface area contributed by atoms with Gasteiger partial charge in [-0.2, -0.15) is 0 Å². The molecule has 1 aliphatic rings. The molecule has 2 aromatic rings. The lowest BCUT2D eigenvalue weighted by atomic mass is 9.90. The van der Waals surface area contributed by atoms with Gasteiger partial charge in [0.2, 0.25) is 5.91 Å². The zero-order valence-corrected chi connectivity index (χ0v) is 16.0. The van der Waals surface area contributed by atoms with Crippen molar-refractivity contribution in [2.24, 2.45) is 11.1 Å². The van der Waals surface area contributed by atoms with E-state index in [0.717, 1.165) is 36.4 Å². The highest BCUT2D eigenvalue weighted by Crippen LogP contribution is 2.30. The van der Waals surface area contributed by atoms with Crippen LogP contribution in [0.2, 0.25) is 0 Å². The first-order valence-corrected chi connectivity index (χ1v) is 8.86. The van der Waals surface area contributed by atoms with Gasteiger partial charge >= 0.3 is 0 Å². The number of rotatable bonds is 6. The van der Waals surface area contributed by atoms with Gasteiger partial charge in [-0.1, -0.05) is 55.5 Å². The lowest BCUT2D eigenvalue weighted by Crippen LogP contribution is -2.35. The van der Waals surface area contributed by atoms with E-state index in [0.29, 0.717) is 19.6 Å². The van der Waals surface area contributed by atoms with Gasteiger partial charge in [0.05, 0.1) is 13.0 Å². The van der Waals surface area contributed by atoms with Crippen LogP contribution in [0.15, 0.2) is 54.6 Å². The third-order valence-corrected chi connectivity index (χ3v) is 4.95. The quantitative estimate of drug-likeness (QED) is 0.837. The van der Waals surface area contributed by atoms with Gasteiger partial charge < -0.3 is 15.4 Å². The highest BCUT2D eigenvalue weighted by molar-refractivity contribution is 5.85. The molecular weight excluding hydrogens is 348 g/mol. The van der Waals surface area contributed by atoms with Gasteiger partial charge in [0, 0.05) is 18.7 Å². The third-order valence-electron chi connectivity index (χ3n) is 4.95. The van der Waals surface area contributed by atoms with Gasteiger partial charge in [-0.3, -0.25) is 4.79 Å². The minimum atomic E-state index is 0. The summed E-state index contributed by atoms with van der Waals surface area (Å²) in [7, 11) is 0. The van der Waals surface area contributed by atoms with Gasteiger partial charge in [-0.15, -0.1) is 12.4 Å². The smallest absolute Gasteiger partial charge is 0.226 e. The maximum atomic E-state index is 12.4. The van der Waals surface area contributed by atoms with E-state index in [-0.39, 0.29) is 23.7 Å². The van der Waals surface area contributed by atoms with Crippen molar-refractivity contribution >= 4 is 18.3 Å². The first kappa shape index (κ1) is 20.3. The fourth-order valence-corrected chi connectivity index (χ4v) is 3.26. The van der Waals surface area contributed by atoms with Crippen LogP contribution in [-0.4, -0.2) is 37.0 Å². The minimum Gasteiger partial charge on any atom is -0.492 e. The summed E-state index contributed by atoms with van der Waals surface area (Å²) >= 11 is 0. The Balaban J connectivity index is 0.00000243. The fourth-order valence-electron chi connectivity index (χ4n) is 3.26. The lowest BCUT2D eigenvalue weighted by molar-refractivity contribution is -0.131. The molecule has 0 saturated carbocycles. The molecule has 4 nitrogen and oxygen atoms in total. The number of benzene rings is 2. The van der Waals surface area contributed by atoms with E-state index >= 15 is 0 Å². The van der Waals surface area contributed by atoms with Crippen LogP contribution in [0.25, 0.3) is 11.1 Å². The number of likely N-dealkylation sites (tertiary alicyclic amines) is 1. The second kappa shape index (κ2) is 9.06. The fraction of sp³-hybridized carbons (Fsp3) is 0.381. The van der Waals surface area contributed by atoms with Gasteiger partial charge in [-0.05, 0) is 30.0 Å². The Bertz CT molecular complexity index is 723. The lowest BCUT2D eigenvalue weighted by Gasteiger charge is -2.22. The number of nitrogens with zero attached hydrogens (tertiary/aromatic N) is 1.